The monoisotopic (exact) mass is 1120 g/mol. The summed E-state index contributed by atoms with van der Waals surface area (Å²) in [5.74, 6) is 0.141. The standard InChI is InChI=1S/C25H28N2O6.C14H17NO4.C11H12INO2.C4H9NO/c1-16(28)31-15-19(27-24(30)32-14-17-7-5-4-6-8-17)11-9-18-10-12-21-22(23(18)26)20(29)13-25(2,3)33-21;1-3-13(10-18-11(2)16)15-14(17)19-9-12-7-5-4-6-8-12;1-11(2)5-7(14)9-8(15-11)4-3-6(12)10(9)13;1-2-4(5)3-6/h4-12,19H,13-15,26H2,1-3H3,(H,27,30);3-8,13H,1,9-10H2,2H3,(H,15,17);3-4H,5,13H2,1-2H3;2,4,6H,1,3,5H2/b11-9+;;;/t19-;13-;;4-/m00.0/s1. The van der Waals surface area contributed by atoms with E-state index in [0.717, 1.165) is 14.7 Å². The highest BCUT2D eigenvalue weighted by Crippen LogP contribution is 2.39. The molecule has 18 nitrogen and oxygen atoms in total. The lowest BCUT2D eigenvalue weighted by Gasteiger charge is -2.32. The van der Waals surface area contributed by atoms with Gasteiger partial charge in [-0.2, -0.15) is 0 Å². The van der Waals surface area contributed by atoms with Crippen molar-refractivity contribution in [2.45, 2.75) is 96.9 Å². The van der Waals surface area contributed by atoms with Crippen LogP contribution in [0.2, 0.25) is 0 Å². The summed E-state index contributed by atoms with van der Waals surface area (Å²) < 4.78 is 32.6. The van der Waals surface area contributed by atoms with Crippen LogP contribution in [0.1, 0.15) is 91.8 Å². The Morgan fingerprint density at radius 1 is 0.685 bits per heavy atom. The smallest absolute Gasteiger partial charge is 0.408 e. The van der Waals surface area contributed by atoms with Crippen LogP contribution < -0.4 is 37.3 Å². The zero-order valence-electron chi connectivity index (χ0n) is 41.9. The fourth-order valence-corrected chi connectivity index (χ4v) is 7.00. The maximum atomic E-state index is 12.6. The minimum atomic E-state index is -0.668. The van der Waals surface area contributed by atoms with Crippen molar-refractivity contribution in [3.05, 3.63) is 148 Å². The fourth-order valence-electron chi connectivity index (χ4n) is 6.55. The number of hydrogen-bond acceptors (Lipinski definition) is 16. The number of nitrogen functional groups attached to an aromatic ring is 2. The molecule has 0 saturated carbocycles. The van der Waals surface area contributed by atoms with Gasteiger partial charge in [-0.25, -0.2) is 9.59 Å². The largest absolute Gasteiger partial charge is 0.487 e. The van der Waals surface area contributed by atoms with Crippen molar-refractivity contribution in [1.29, 1.82) is 0 Å². The number of esters is 2. The quantitative estimate of drug-likeness (QED) is 0.0216. The van der Waals surface area contributed by atoms with Crippen LogP contribution in [0.25, 0.3) is 6.08 Å². The summed E-state index contributed by atoms with van der Waals surface area (Å²) in [5, 5.41) is 13.3. The van der Waals surface area contributed by atoms with E-state index in [9.17, 15) is 28.8 Å². The number of ketones is 2. The van der Waals surface area contributed by atoms with Crippen molar-refractivity contribution >= 4 is 75.7 Å². The van der Waals surface area contributed by atoms with E-state index in [4.69, 9.17) is 50.7 Å². The Bertz CT molecular complexity index is 2570. The van der Waals surface area contributed by atoms with E-state index in [1.165, 1.54) is 26.0 Å². The van der Waals surface area contributed by atoms with E-state index in [1.807, 2.05) is 100 Å². The number of ether oxygens (including phenoxy) is 6. The highest BCUT2D eigenvalue weighted by molar-refractivity contribution is 14.1. The second kappa shape index (κ2) is 29.3. The molecular formula is C54H66IN5O13. The number of benzene rings is 4. The van der Waals surface area contributed by atoms with E-state index in [2.05, 4.69) is 46.4 Å². The summed E-state index contributed by atoms with van der Waals surface area (Å²) in [4.78, 5) is 70.2. The molecule has 0 radical (unpaired) electrons. The molecule has 2 heterocycles. The van der Waals surface area contributed by atoms with Crippen molar-refractivity contribution in [2.75, 3.05) is 31.3 Å². The molecule has 73 heavy (non-hydrogen) atoms. The number of nitrogens with one attached hydrogen (secondary N) is 2. The first kappa shape index (κ1) is 60.1. The second-order valence-corrected chi connectivity index (χ2v) is 18.8. The Morgan fingerprint density at radius 2 is 1.12 bits per heavy atom. The number of fused-ring (bicyclic) bond motifs is 2. The van der Waals surface area contributed by atoms with Crippen molar-refractivity contribution in [3.8, 4) is 11.5 Å². The number of carbonyl (C=O) groups excluding carboxylic acids is 6. The van der Waals surface area contributed by atoms with Gasteiger partial charge in [-0.1, -0.05) is 85.0 Å². The number of aliphatic hydroxyl groups excluding tert-OH is 1. The molecule has 9 N–H and O–H groups in total. The van der Waals surface area contributed by atoms with Crippen LogP contribution in [-0.2, 0) is 41.8 Å². The topological polar surface area (TPSA) is 280 Å². The zero-order valence-corrected chi connectivity index (χ0v) is 44.1. The van der Waals surface area contributed by atoms with Gasteiger partial charge in [-0.05, 0) is 91.2 Å². The first-order chi connectivity index (χ1) is 34.5. The number of aliphatic hydroxyl groups is 1. The lowest BCUT2D eigenvalue weighted by atomic mass is 9.90. The predicted octanol–water partition coefficient (Wildman–Crippen LogP) is 8.02. The molecule has 4 aromatic rings. The number of Topliss-reactive ketones (excluding diaryl/α,β-unsaturated/α-hetero) is 2. The van der Waals surface area contributed by atoms with Gasteiger partial charge in [0.2, 0.25) is 0 Å². The average molecular weight is 1120 g/mol. The van der Waals surface area contributed by atoms with Crippen molar-refractivity contribution in [3.63, 3.8) is 0 Å². The first-order valence-corrected chi connectivity index (χ1v) is 24.0. The lowest BCUT2D eigenvalue weighted by Crippen LogP contribution is -2.37. The first-order valence-electron chi connectivity index (χ1n) is 22.9. The number of anilines is 2. The van der Waals surface area contributed by atoms with E-state index in [-0.39, 0.29) is 57.1 Å². The van der Waals surface area contributed by atoms with Crippen LogP contribution in [0.5, 0.6) is 11.5 Å². The van der Waals surface area contributed by atoms with Gasteiger partial charge < -0.3 is 61.4 Å². The minimum Gasteiger partial charge on any atom is -0.487 e. The molecule has 0 fully saturated rings. The fraction of sp³-hybridized carbons (Fsp3) is 0.333. The average Bonchev–Trinajstić information content (AvgIpc) is 3.34. The van der Waals surface area contributed by atoms with Gasteiger partial charge in [0.1, 0.15) is 49.1 Å². The van der Waals surface area contributed by atoms with Crippen LogP contribution in [-0.4, -0.2) is 89.9 Å². The van der Waals surface area contributed by atoms with Crippen LogP contribution in [0.4, 0.5) is 21.0 Å². The Labute approximate surface area is 439 Å². The molecule has 2 aliphatic rings. The molecule has 0 bridgehead atoms. The SMILES string of the molecule is C=C[C@@H](COC(C)=O)NC(=O)OCc1ccccc1.C=C[C@H](N)CO.CC(=O)OC[C@H](/C=C/c1ccc2c(c1N)C(=O)CC(C)(C)O2)NC(=O)OCc1ccccc1.CC1(C)CC(=O)c2c(ccc(I)c2N)O1. The van der Waals surface area contributed by atoms with Crippen molar-refractivity contribution < 1.29 is 62.3 Å². The molecule has 392 valence electrons. The van der Waals surface area contributed by atoms with Gasteiger partial charge >= 0.3 is 24.1 Å². The number of nitrogens with two attached hydrogens (primary N) is 3. The van der Waals surface area contributed by atoms with Gasteiger partial charge in [0.05, 0.1) is 54.0 Å². The molecule has 0 spiro atoms. The molecule has 0 unspecified atom stereocenters. The van der Waals surface area contributed by atoms with Crippen LogP contribution in [0.3, 0.4) is 0 Å². The molecule has 2 amide bonds. The maximum absolute atomic E-state index is 12.6. The third kappa shape index (κ3) is 21.2. The highest BCUT2D eigenvalue weighted by Gasteiger charge is 2.35. The number of carbonyl (C=O) groups is 6. The van der Waals surface area contributed by atoms with Gasteiger partial charge in [-0.3, -0.25) is 19.2 Å². The second-order valence-electron chi connectivity index (χ2n) is 17.6. The van der Waals surface area contributed by atoms with Crippen LogP contribution in [0, 0.1) is 3.57 Å². The normalized spacial score (nSPS) is 14.7. The third-order valence-electron chi connectivity index (χ3n) is 10.2. The van der Waals surface area contributed by atoms with Crippen molar-refractivity contribution in [1.82, 2.24) is 10.6 Å². The van der Waals surface area contributed by atoms with Crippen LogP contribution in [0.15, 0.2) is 116 Å². The van der Waals surface area contributed by atoms with Crippen LogP contribution >= 0.6 is 22.6 Å². The highest BCUT2D eigenvalue weighted by atomic mass is 127. The number of rotatable bonds is 15. The van der Waals surface area contributed by atoms with Crippen molar-refractivity contribution in [2.24, 2.45) is 5.73 Å². The Balaban J connectivity index is 0.000000296. The summed E-state index contributed by atoms with van der Waals surface area (Å²) in [6.45, 7) is 17.2. The molecule has 4 aromatic carbocycles. The minimum absolute atomic E-state index is 0.0104. The number of hydrogen-bond donors (Lipinski definition) is 6. The molecule has 0 aromatic heterocycles. The summed E-state index contributed by atoms with van der Waals surface area (Å²) in [6.07, 6.45) is 5.63. The molecule has 2 aliphatic heterocycles. The van der Waals surface area contributed by atoms with Gasteiger partial charge in [0, 0.05) is 23.5 Å². The predicted molar refractivity (Wildman–Crippen MR) is 287 cm³/mol. The summed E-state index contributed by atoms with van der Waals surface area (Å²) in [7, 11) is 0. The molecule has 6 rings (SSSR count). The number of alkyl carbamates (subject to hydrolysis) is 2. The zero-order chi connectivity index (χ0) is 54.3. The Morgan fingerprint density at radius 3 is 1.55 bits per heavy atom. The molecule has 0 aliphatic carbocycles. The third-order valence-corrected chi connectivity index (χ3v) is 11.1. The summed E-state index contributed by atoms with van der Waals surface area (Å²) in [6, 6.07) is 24.3. The molecular weight excluding hydrogens is 1050 g/mol. The van der Waals surface area contributed by atoms with E-state index in [0.29, 0.717) is 46.0 Å². The summed E-state index contributed by atoms with van der Waals surface area (Å²) >= 11 is 2.12. The van der Waals surface area contributed by atoms with E-state index < -0.39 is 47.4 Å². The summed E-state index contributed by atoms with van der Waals surface area (Å²) in [5.41, 5.74) is 20.3. The Hall–Kier alpha value is -7.23. The lowest BCUT2D eigenvalue weighted by molar-refractivity contribution is -0.142. The number of halogens is 1. The van der Waals surface area contributed by atoms with Gasteiger partial charge in [0.15, 0.2) is 11.6 Å². The maximum Gasteiger partial charge on any atom is 0.408 e. The van der Waals surface area contributed by atoms with Gasteiger partial charge in [0.25, 0.3) is 0 Å². The van der Waals surface area contributed by atoms with Gasteiger partial charge in [-0.15, -0.1) is 13.2 Å². The molecule has 19 heteroatoms. The molecule has 0 saturated heterocycles. The number of amides is 2. The van der Waals surface area contributed by atoms with E-state index >= 15 is 0 Å². The molecule has 3 atom stereocenters. The Kier molecular flexibility index (Phi) is 24.1. The van der Waals surface area contributed by atoms with E-state index in [1.54, 1.807) is 24.3 Å².